The molecule has 1 aromatic rings. The van der Waals surface area contributed by atoms with Crippen LogP contribution in [0, 0.1) is 0 Å². The average Bonchev–Trinajstić information content (AvgIpc) is 3.14. The number of fused-ring (bicyclic) bond motifs is 2. The van der Waals surface area contributed by atoms with Crippen molar-refractivity contribution in [2.45, 2.75) is 49.4 Å². The number of sulfone groups is 1. The third kappa shape index (κ3) is 2.83. The Bertz CT molecular complexity index is 1020. The zero-order valence-corrected chi connectivity index (χ0v) is 16.9. The highest BCUT2D eigenvalue weighted by Crippen LogP contribution is 2.45. The van der Waals surface area contributed by atoms with E-state index < -0.39 is 43.9 Å². The zero-order valence-electron chi connectivity index (χ0n) is 16.1. The molecular weight excluding hydrogens is 402 g/mol. The fourth-order valence-electron chi connectivity index (χ4n) is 3.84. The van der Waals surface area contributed by atoms with Crippen molar-refractivity contribution in [2.75, 3.05) is 12.1 Å². The van der Waals surface area contributed by atoms with E-state index in [1.165, 1.54) is 20.8 Å². The lowest BCUT2D eigenvalue weighted by atomic mass is 9.97. The molecule has 0 spiro atoms. The molecule has 3 aliphatic heterocycles. The van der Waals surface area contributed by atoms with Crippen molar-refractivity contribution in [1.82, 2.24) is 10.2 Å². The van der Waals surface area contributed by atoms with Gasteiger partial charge in [0.15, 0.2) is 21.3 Å². The third-order valence-corrected chi connectivity index (χ3v) is 8.42. The Hall–Kier alpha value is -2.82. The summed E-state index contributed by atoms with van der Waals surface area (Å²) in [6, 6.07) is 2.75. The van der Waals surface area contributed by atoms with Crippen LogP contribution in [0.4, 0.5) is 5.69 Å². The Balaban J connectivity index is 1.45. The minimum atomic E-state index is -3.69. The number of anilines is 1. The Kier molecular flexibility index (Phi) is 4.26. The van der Waals surface area contributed by atoms with Gasteiger partial charge in [-0.2, -0.15) is 0 Å². The number of rotatable bonds is 4. The van der Waals surface area contributed by atoms with Crippen molar-refractivity contribution in [3.05, 3.63) is 18.2 Å². The quantitative estimate of drug-likeness (QED) is 0.651. The lowest BCUT2D eigenvalue weighted by Gasteiger charge is -2.37. The number of hydrogen-bond donors (Lipinski definition) is 2. The maximum Gasteiger partial charge on any atom is 0.246 e. The summed E-state index contributed by atoms with van der Waals surface area (Å²) in [6.45, 7) is 4.44. The molecule has 2 saturated heterocycles. The van der Waals surface area contributed by atoms with Crippen molar-refractivity contribution in [3.8, 4) is 11.5 Å². The summed E-state index contributed by atoms with van der Waals surface area (Å²) < 4.78 is 34.3. The van der Waals surface area contributed by atoms with Crippen molar-refractivity contribution in [3.63, 3.8) is 0 Å². The second-order valence-corrected chi connectivity index (χ2v) is 10.5. The molecule has 3 heterocycles. The predicted molar refractivity (Wildman–Crippen MR) is 101 cm³/mol. The Morgan fingerprint density at radius 2 is 1.93 bits per heavy atom. The topological polar surface area (TPSA) is 131 Å². The maximum atomic E-state index is 12.8. The van der Waals surface area contributed by atoms with E-state index in [2.05, 4.69) is 10.6 Å². The smallest absolute Gasteiger partial charge is 0.246 e. The molecule has 3 amide bonds. The molecule has 3 unspecified atom stereocenters. The van der Waals surface area contributed by atoms with Crippen LogP contribution in [0.2, 0.25) is 0 Å². The minimum absolute atomic E-state index is 0.107. The molecule has 10 nitrogen and oxygen atoms in total. The molecule has 156 valence electrons. The van der Waals surface area contributed by atoms with Crippen LogP contribution in [-0.2, 0) is 24.2 Å². The van der Waals surface area contributed by atoms with Gasteiger partial charge >= 0.3 is 0 Å². The molecule has 3 atom stereocenters. The van der Waals surface area contributed by atoms with E-state index in [9.17, 15) is 22.8 Å². The molecule has 2 fully saturated rings. The summed E-state index contributed by atoms with van der Waals surface area (Å²) in [5.41, 5.74) is 0.460. The SMILES string of the molecule is CC(NC(=O)C1N2C(=O)CC2S(=O)(=O)C1(C)C)C(=O)Nc1ccc2c(c1)OCO2. The monoisotopic (exact) mass is 423 g/mol. The number of ether oxygens (including phenoxy) is 2. The van der Waals surface area contributed by atoms with E-state index in [0.29, 0.717) is 17.2 Å². The van der Waals surface area contributed by atoms with Crippen LogP contribution in [0.15, 0.2) is 18.2 Å². The predicted octanol–water partition coefficient (Wildman–Crippen LogP) is -0.00750. The van der Waals surface area contributed by atoms with Gasteiger partial charge in [-0.1, -0.05) is 0 Å². The van der Waals surface area contributed by atoms with Gasteiger partial charge in [-0.05, 0) is 32.9 Å². The van der Waals surface area contributed by atoms with Crippen LogP contribution >= 0.6 is 0 Å². The van der Waals surface area contributed by atoms with Crippen molar-refractivity contribution in [1.29, 1.82) is 0 Å². The summed E-state index contributed by atoms with van der Waals surface area (Å²) in [6.07, 6.45) is -0.115. The Labute approximate surface area is 167 Å². The lowest BCUT2D eigenvalue weighted by molar-refractivity contribution is -0.150. The molecule has 1 aromatic carbocycles. The summed E-state index contributed by atoms with van der Waals surface area (Å²) in [7, 11) is -3.69. The van der Waals surface area contributed by atoms with Gasteiger partial charge in [0.1, 0.15) is 17.5 Å². The molecule has 2 N–H and O–H groups in total. The summed E-state index contributed by atoms with van der Waals surface area (Å²) in [4.78, 5) is 38.3. The molecule has 11 heteroatoms. The first-order valence-electron chi connectivity index (χ1n) is 9.09. The zero-order chi connectivity index (χ0) is 21.1. The number of carbonyl (C=O) groups excluding carboxylic acids is 3. The lowest BCUT2D eigenvalue weighted by Crippen LogP contribution is -2.61. The molecule has 4 rings (SSSR count). The highest BCUT2D eigenvalue weighted by Gasteiger charge is 2.67. The second kappa shape index (κ2) is 6.34. The van der Waals surface area contributed by atoms with Gasteiger partial charge in [0.05, 0.1) is 11.2 Å². The van der Waals surface area contributed by atoms with Gasteiger partial charge in [-0.3, -0.25) is 14.4 Å². The largest absolute Gasteiger partial charge is 0.454 e. The normalized spacial score (nSPS) is 26.3. The van der Waals surface area contributed by atoms with Crippen LogP contribution in [0.3, 0.4) is 0 Å². The molecule has 0 aliphatic carbocycles. The first kappa shape index (κ1) is 19.5. The molecule has 0 bridgehead atoms. The molecule has 3 aliphatic rings. The second-order valence-electron chi connectivity index (χ2n) is 7.80. The Morgan fingerprint density at radius 3 is 2.62 bits per heavy atom. The summed E-state index contributed by atoms with van der Waals surface area (Å²) in [5, 5.41) is 4.21. The first-order valence-corrected chi connectivity index (χ1v) is 10.6. The fourth-order valence-corrected chi connectivity index (χ4v) is 5.97. The minimum Gasteiger partial charge on any atom is -0.454 e. The highest BCUT2D eigenvalue weighted by molar-refractivity contribution is 7.93. The van der Waals surface area contributed by atoms with E-state index in [1.54, 1.807) is 18.2 Å². The number of nitrogens with one attached hydrogen (secondary N) is 2. The molecule has 0 aromatic heterocycles. The van der Waals surface area contributed by atoms with Crippen LogP contribution in [0.1, 0.15) is 27.2 Å². The van der Waals surface area contributed by atoms with Crippen LogP contribution in [0.5, 0.6) is 11.5 Å². The summed E-state index contributed by atoms with van der Waals surface area (Å²) >= 11 is 0. The van der Waals surface area contributed by atoms with Crippen LogP contribution in [-0.4, -0.2) is 60.0 Å². The van der Waals surface area contributed by atoms with Crippen molar-refractivity contribution >= 4 is 33.2 Å². The third-order valence-electron chi connectivity index (χ3n) is 5.62. The molecule has 0 radical (unpaired) electrons. The van der Waals surface area contributed by atoms with E-state index in [0.717, 1.165) is 4.90 Å². The summed E-state index contributed by atoms with van der Waals surface area (Å²) in [5.74, 6) is -0.492. The number of carbonyl (C=O) groups is 3. The van der Waals surface area contributed by atoms with E-state index in [-0.39, 0.29) is 19.1 Å². The van der Waals surface area contributed by atoms with Crippen molar-refractivity contribution in [2.24, 2.45) is 0 Å². The number of β-lactam (4-membered cyclic amide) rings is 1. The number of nitrogens with zero attached hydrogens (tertiary/aromatic N) is 1. The molecule has 29 heavy (non-hydrogen) atoms. The van der Waals surface area contributed by atoms with E-state index in [4.69, 9.17) is 9.47 Å². The maximum absolute atomic E-state index is 12.8. The van der Waals surface area contributed by atoms with Gasteiger partial charge in [0.25, 0.3) is 0 Å². The van der Waals surface area contributed by atoms with E-state index >= 15 is 0 Å². The Morgan fingerprint density at radius 1 is 1.24 bits per heavy atom. The van der Waals surface area contributed by atoms with Crippen molar-refractivity contribution < 1.29 is 32.3 Å². The number of benzene rings is 1. The van der Waals surface area contributed by atoms with Gasteiger partial charge < -0.3 is 25.0 Å². The highest BCUT2D eigenvalue weighted by atomic mass is 32.2. The van der Waals surface area contributed by atoms with Crippen LogP contribution < -0.4 is 20.1 Å². The van der Waals surface area contributed by atoms with Gasteiger partial charge in [-0.15, -0.1) is 0 Å². The van der Waals surface area contributed by atoms with Crippen LogP contribution in [0.25, 0.3) is 0 Å². The fraction of sp³-hybridized carbons (Fsp3) is 0.500. The van der Waals surface area contributed by atoms with Gasteiger partial charge in [-0.25, -0.2) is 8.42 Å². The van der Waals surface area contributed by atoms with E-state index in [1.807, 2.05) is 0 Å². The molecule has 0 saturated carbocycles. The number of amides is 3. The first-order chi connectivity index (χ1) is 13.5. The standard InChI is InChI=1S/C18H21N3O7S/c1-9(16(23)20-10-4-5-11-12(6-10)28-8-27-11)19-17(24)15-18(2,3)29(25,26)14-7-13(22)21(14)15/h4-6,9,14-15H,7-8H2,1-3H3,(H,19,24)(H,20,23). The molecular formula is C18H21N3O7S. The number of hydrogen-bond acceptors (Lipinski definition) is 7. The van der Waals surface area contributed by atoms with Gasteiger partial charge in [0, 0.05) is 11.8 Å². The average molecular weight is 423 g/mol. The van der Waals surface area contributed by atoms with Gasteiger partial charge in [0.2, 0.25) is 24.5 Å².